The van der Waals surface area contributed by atoms with E-state index >= 15 is 0 Å². The quantitative estimate of drug-likeness (QED) is 0.624. The molecule has 140 valence electrons. The molecule has 2 aliphatic rings. The van der Waals surface area contributed by atoms with Crippen LogP contribution in [0.2, 0.25) is 0 Å². The molecular weight excluding hydrogens is 304 g/mol. The van der Waals surface area contributed by atoms with Crippen LogP contribution in [0.5, 0.6) is 0 Å². The van der Waals surface area contributed by atoms with Crippen LogP contribution in [-0.4, -0.2) is 49.1 Å². The molecule has 0 bridgehead atoms. The summed E-state index contributed by atoms with van der Waals surface area (Å²) in [7, 11) is 0. The molecule has 1 aromatic rings. The molecule has 2 heterocycles. The topological polar surface area (TPSA) is 6.48 Å². The van der Waals surface area contributed by atoms with Crippen LogP contribution in [0, 0.1) is 11.8 Å². The molecule has 2 aliphatic heterocycles. The predicted octanol–water partition coefficient (Wildman–Crippen LogP) is 4.84. The minimum atomic E-state index is 0.865. The molecule has 0 saturated carbocycles. The normalized spacial score (nSPS) is 23.8. The zero-order chi connectivity index (χ0) is 17.3. The third-order valence-corrected chi connectivity index (χ3v) is 6.45. The van der Waals surface area contributed by atoms with Gasteiger partial charge in [-0.15, -0.1) is 0 Å². The van der Waals surface area contributed by atoms with Crippen LogP contribution in [-0.2, 0) is 6.42 Å². The molecule has 2 saturated heterocycles. The molecule has 1 unspecified atom stereocenters. The first kappa shape index (κ1) is 18.9. The Labute approximate surface area is 155 Å². The number of rotatable bonds is 8. The number of likely N-dealkylation sites (tertiary alicyclic amines) is 2. The van der Waals surface area contributed by atoms with E-state index in [1.54, 1.807) is 0 Å². The lowest BCUT2D eigenvalue weighted by Gasteiger charge is -2.34. The van der Waals surface area contributed by atoms with Crippen LogP contribution in [0.25, 0.3) is 0 Å². The number of nitrogens with zero attached hydrogens (tertiary/aromatic N) is 2. The monoisotopic (exact) mass is 342 g/mol. The van der Waals surface area contributed by atoms with Crippen molar-refractivity contribution >= 4 is 0 Å². The molecule has 0 spiro atoms. The fourth-order valence-electron chi connectivity index (χ4n) is 4.76. The standard InChI is InChI=1S/C23H38N2/c1-2-21-12-17-24(18-13-21)14-6-7-15-25-16-8-11-23(20-25)19-22-9-4-3-5-10-22/h3-5,9-10,21,23H,2,6-8,11-20H2,1H3. The molecule has 25 heavy (non-hydrogen) atoms. The summed E-state index contributed by atoms with van der Waals surface area (Å²) in [6.07, 6.45) is 11.1. The SMILES string of the molecule is CCC1CCN(CCCCN2CCCC(Cc3ccccc3)C2)CC1. The molecule has 2 nitrogen and oxygen atoms in total. The van der Waals surface area contributed by atoms with Crippen LogP contribution in [0.1, 0.15) is 57.4 Å². The summed E-state index contributed by atoms with van der Waals surface area (Å²) < 4.78 is 0. The zero-order valence-electron chi connectivity index (χ0n) is 16.3. The number of hydrogen-bond donors (Lipinski definition) is 0. The number of hydrogen-bond acceptors (Lipinski definition) is 2. The minimum absolute atomic E-state index is 0.865. The number of piperidine rings is 2. The Balaban J connectivity index is 1.29. The van der Waals surface area contributed by atoms with E-state index in [0.29, 0.717) is 0 Å². The maximum Gasteiger partial charge on any atom is 0.00128 e. The van der Waals surface area contributed by atoms with Gasteiger partial charge in [-0.25, -0.2) is 0 Å². The van der Waals surface area contributed by atoms with Gasteiger partial charge in [0.25, 0.3) is 0 Å². The van der Waals surface area contributed by atoms with Crippen molar-refractivity contribution in [2.24, 2.45) is 11.8 Å². The average molecular weight is 343 g/mol. The highest BCUT2D eigenvalue weighted by Gasteiger charge is 2.20. The highest BCUT2D eigenvalue weighted by Crippen LogP contribution is 2.22. The highest BCUT2D eigenvalue weighted by molar-refractivity contribution is 5.15. The Morgan fingerprint density at radius 2 is 1.56 bits per heavy atom. The fraction of sp³-hybridized carbons (Fsp3) is 0.739. The van der Waals surface area contributed by atoms with Gasteiger partial charge in [-0.3, -0.25) is 0 Å². The largest absolute Gasteiger partial charge is 0.303 e. The summed E-state index contributed by atoms with van der Waals surface area (Å²) in [5, 5.41) is 0. The molecule has 1 aromatic carbocycles. The third kappa shape index (κ3) is 6.42. The molecule has 3 rings (SSSR count). The van der Waals surface area contributed by atoms with Crippen molar-refractivity contribution in [2.45, 2.75) is 58.3 Å². The Bertz CT molecular complexity index is 464. The maximum atomic E-state index is 2.74. The molecule has 0 amide bonds. The maximum absolute atomic E-state index is 2.74. The van der Waals surface area contributed by atoms with Crippen LogP contribution in [0.4, 0.5) is 0 Å². The Morgan fingerprint density at radius 3 is 2.28 bits per heavy atom. The molecule has 1 atom stereocenters. The van der Waals surface area contributed by atoms with Crippen molar-refractivity contribution in [3.8, 4) is 0 Å². The first-order valence-corrected chi connectivity index (χ1v) is 10.8. The molecule has 0 aliphatic carbocycles. The summed E-state index contributed by atoms with van der Waals surface area (Å²) in [6.45, 7) is 10.3. The van der Waals surface area contributed by atoms with E-state index in [4.69, 9.17) is 0 Å². The van der Waals surface area contributed by atoms with Crippen molar-refractivity contribution in [3.05, 3.63) is 35.9 Å². The first-order valence-electron chi connectivity index (χ1n) is 10.8. The second kappa shape index (κ2) is 10.3. The van der Waals surface area contributed by atoms with Gasteiger partial charge >= 0.3 is 0 Å². The summed E-state index contributed by atoms with van der Waals surface area (Å²) in [5.41, 5.74) is 1.52. The van der Waals surface area contributed by atoms with Crippen molar-refractivity contribution in [1.82, 2.24) is 9.80 Å². The Hall–Kier alpha value is -0.860. The predicted molar refractivity (Wildman–Crippen MR) is 108 cm³/mol. The summed E-state index contributed by atoms with van der Waals surface area (Å²) >= 11 is 0. The minimum Gasteiger partial charge on any atom is -0.303 e. The van der Waals surface area contributed by atoms with Gasteiger partial charge in [0.1, 0.15) is 0 Å². The Kier molecular flexibility index (Phi) is 7.81. The van der Waals surface area contributed by atoms with Gasteiger partial charge in [0.05, 0.1) is 0 Å². The highest BCUT2D eigenvalue weighted by atomic mass is 15.1. The lowest BCUT2D eigenvalue weighted by Crippen LogP contribution is -2.37. The number of benzene rings is 1. The number of unbranched alkanes of at least 4 members (excludes halogenated alkanes) is 1. The van der Waals surface area contributed by atoms with Gasteiger partial charge in [-0.2, -0.15) is 0 Å². The van der Waals surface area contributed by atoms with E-state index in [1.807, 2.05) is 0 Å². The molecule has 0 N–H and O–H groups in total. The van der Waals surface area contributed by atoms with E-state index < -0.39 is 0 Å². The van der Waals surface area contributed by atoms with E-state index in [-0.39, 0.29) is 0 Å². The molecular formula is C23H38N2. The van der Waals surface area contributed by atoms with Crippen LogP contribution in [0.15, 0.2) is 30.3 Å². The fourth-order valence-corrected chi connectivity index (χ4v) is 4.76. The van der Waals surface area contributed by atoms with Gasteiger partial charge in [0.15, 0.2) is 0 Å². The van der Waals surface area contributed by atoms with Crippen molar-refractivity contribution in [1.29, 1.82) is 0 Å². The van der Waals surface area contributed by atoms with E-state index in [0.717, 1.165) is 11.8 Å². The first-order chi connectivity index (χ1) is 12.3. The lowest BCUT2D eigenvalue weighted by molar-refractivity contribution is 0.157. The molecule has 2 heteroatoms. The van der Waals surface area contributed by atoms with E-state index in [2.05, 4.69) is 47.1 Å². The van der Waals surface area contributed by atoms with Crippen molar-refractivity contribution in [3.63, 3.8) is 0 Å². The second-order valence-electron chi connectivity index (χ2n) is 8.40. The molecule has 0 radical (unpaired) electrons. The summed E-state index contributed by atoms with van der Waals surface area (Å²) in [4.78, 5) is 5.45. The van der Waals surface area contributed by atoms with Gasteiger partial charge in [0.2, 0.25) is 0 Å². The second-order valence-corrected chi connectivity index (χ2v) is 8.40. The van der Waals surface area contributed by atoms with Gasteiger partial charge in [0, 0.05) is 6.54 Å². The average Bonchev–Trinajstić information content (AvgIpc) is 2.67. The summed E-state index contributed by atoms with van der Waals surface area (Å²) in [5.74, 6) is 1.87. The van der Waals surface area contributed by atoms with Crippen molar-refractivity contribution < 1.29 is 0 Å². The summed E-state index contributed by atoms with van der Waals surface area (Å²) in [6, 6.07) is 11.1. The molecule has 0 aromatic heterocycles. The van der Waals surface area contributed by atoms with Crippen molar-refractivity contribution in [2.75, 3.05) is 39.3 Å². The van der Waals surface area contributed by atoms with E-state index in [9.17, 15) is 0 Å². The van der Waals surface area contributed by atoms with Gasteiger partial charge < -0.3 is 9.80 Å². The van der Waals surface area contributed by atoms with E-state index in [1.165, 1.54) is 96.2 Å². The van der Waals surface area contributed by atoms with Crippen LogP contribution < -0.4 is 0 Å². The smallest absolute Gasteiger partial charge is 0.00128 e. The van der Waals surface area contributed by atoms with Gasteiger partial charge in [-0.1, -0.05) is 43.7 Å². The van der Waals surface area contributed by atoms with Crippen LogP contribution >= 0.6 is 0 Å². The zero-order valence-corrected chi connectivity index (χ0v) is 16.3. The molecule has 2 fully saturated rings. The Morgan fingerprint density at radius 1 is 0.840 bits per heavy atom. The van der Waals surface area contributed by atoms with Gasteiger partial charge in [-0.05, 0) is 95.1 Å². The van der Waals surface area contributed by atoms with Crippen LogP contribution in [0.3, 0.4) is 0 Å². The lowest BCUT2D eigenvalue weighted by atomic mass is 9.91. The third-order valence-electron chi connectivity index (χ3n) is 6.45.